The molecule has 0 aliphatic heterocycles. The van der Waals surface area contributed by atoms with E-state index in [2.05, 4.69) is 15.2 Å². The highest BCUT2D eigenvalue weighted by Gasteiger charge is 2.16. The molecule has 0 atom stereocenters. The molecule has 3 aromatic heterocycles. The van der Waals surface area contributed by atoms with Crippen LogP contribution in [0.2, 0.25) is 0 Å². The summed E-state index contributed by atoms with van der Waals surface area (Å²) in [5.74, 6) is 0.792. The predicted molar refractivity (Wildman–Crippen MR) is 114 cm³/mol. The first-order chi connectivity index (χ1) is 14.2. The van der Waals surface area contributed by atoms with Gasteiger partial charge in [-0.1, -0.05) is 37.3 Å². The highest BCUT2D eigenvalue weighted by molar-refractivity contribution is 7.13. The lowest BCUT2D eigenvalue weighted by atomic mass is 10.2. The number of aromatic nitrogens is 3. The number of pyridine rings is 1. The normalized spacial score (nSPS) is 11.3. The number of para-hydroxylation sites is 1. The maximum absolute atomic E-state index is 12.7. The number of thiophene rings is 1. The van der Waals surface area contributed by atoms with Crippen LogP contribution in [0.1, 0.15) is 24.9 Å². The molecule has 0 spiro atoms. The fraction of sp³-hybridized carbons (Fsp3) is 0.182. The first kappa shape index (κ1) is 19.0. The third-order valence-corrected chi connectivity index (χ3v) is 5.20. The summed E-state index contributed by atoms with van der Waals surface area (Å²) in [5.41, 5.74) is 1.64. The van der Waals surface area contributed by atoms with Crippen LogP contribution in [0.25, 0.3) is 27.7 Å². The SMILES string of the molecule is CCCN(Cc1nnc(-c2cccs2)o1)C(=O)C=Cc1ccc2ccccc2n1. The van der Waals surface area contributed by atoms with Gasteiger partial charge >= 0.3 is 0 Å². The van der Waals surface area contributed by atoms with Crippen LogP contribution in [0.3, 0.4) is 0 Å². The highest BCUT2D eigenvalue weighted by atomic mass is 32.1. The second kappa shape index (κ2) is 8.79. The van der Waals surface area contributed by atoms with E-state index >= 15 is 0 Å². The van der Waals surface area contributed by atoms with Crippen molar-refractivity contribution in [3.8, 4) is 10.8 Å². The molecule has 0 N–H and O–H groups in total. The molecule has 0 radical (unpaired) electrons. The minimum atomic E-state index is -0.113. The van der Waals surface area contributed by atoms with Crippen LogP contribution in [-0.2, 0) is 11.3 Å². The molecule has 0 bridgehead atoms. The molecular weight excluding hydrogens is 384 g/mol. The molecule has 6 nitrogen and oxygen atoms in total. The zero-order valence-electron chi connectivity index (χ0n) is 16.0. The third kappa shape index (κ3) is 4.57. The van der Waals surface area contributed by atoms with Gasteiger partial charge in [0.2, 0.25) is 11.8 Å². The molecule has 0 aliphatic rings. The van der Waals surface area contributed by atoms with E-state index in [1.54, 1.807) is 17.1 Å². The van der Waals surface area contributed by atoms with Gasteiger partial charge in [0.05, 0.1) is 22.6 Å². The Hall–Kier alpha value is -3.32. The summed E-state index contributed by atoms with van der Waals surface area (Å²) in [6.07, 6.45) is 4.12. The minimum absolute atomic E-state index is 0.113. The number of carbonyl (C=O) groups excluding carboxylic acids is 1. The van der Waals surface area contributed by atoms with Crippen LogP contribution in [0.15, 0.2) is 64.4 Å². The Labute approximate surface area is 172 Å². The van der Waals surface area contributed by atoms with Gasteiger partial charge in [0.25, 0.3) is 5.89 Å². The maximum atomic E-state index is 12.7. The number of amides is 1. The van der Waals surface area contributed by atoms with Crippen molar-refractivity contribution >= 4 is 34.2 Å². The number of benzene rings is 1. The Morgan fingerprint density at radius 3 is 2.86 bits per heavy atom. The predicted octanol–water partition coefficient (Wildman–Crippen LogP) is 4.80. The van der Waals surface area contributed by atoms with Crippen LogP contribution in [0.4, 0.5) is 0 Å². The highest BCUT2D eigenvalue weighted by Crippen LogP contribution is 2.23. The monoisotopic (exact) mass is 404 g/mol. The molecule has 1 aromatic carbocycles. The van der Waals surface area contributed by atoms with Gasteiger partial charge < -0.3 is 9.32 Å². The molecule has 7 heteroatoms. The Morgan fingerprint density at radius 1 is 1.14 bits per heavy atom. The summed E-state index contributed by atoms with van der Waals surface area (Å²) in [5, 5.41) is 11.2. The van der Waals surface area contributed by atoms with Crippen molar-refractivity contribution in [2.45, 2.75) is 19.9 Å². The van der Waals surface area contributed by atoms with Gasteiger partial charge in [-0.25, -0.2) is 4.98 Å². The minimum Gasteiger partial charge on any atom is -0.418 e. The molecular formula is C22H20N4O2S. The van der Waals surface area contributed by atoms with Crippen LogP contribution < -0.4 is 0 Å². The Balaban J connectivity index is 1.47. The lowest BCUT2D eigenvalue weighted by molar-refractivity contribution is -0.126. The molecule has 3 heterocycles. The summed E-state index contributed by atoms with van der Waals surface area (Å²) >= 11 is 1.54. The van der Waals surface area contributed by atoms with E-state index in [9.17, 15) is 4.79 Å². The zero-order valence-corrected chi connectivity index (χ0v) is 16.8. The van der Waals surface area contributed by atoms with E-state index in [0.717, 1.165) is 27.9 Å². The fourth-order valence-corrected chi connectivity index (χ4v) is 3.60. The molecule has 0 saturated heterocycles. The molecule has 0 aliphatic carbocycles. The standard InChI is InChI=1S/C22H20N4O2S/c1-2-13-26(15-20-24-25-22(28-20)19-8-5-14-29-19)21(27)12-11-17-10-9-16-6-3-4-7-18(16)23-17/h3-12,14H,2,13,15H2,1H3. The van der Waals surface area contributed by atoms with Crippen LogP contribution >= 0.6 is 11.3 Å². The molecule has 0 saturated carbocycles. The van der Waals surface area contributed by atoms with E-state index < -0.39 is 0 Å². The van der Waals surface area contributed by atoms with Crippen LogP contribution in [-0.4, -0.2) is 32.5 Å². The molecule has 0 unspecified atom stereocenters. The van der Waals surface area contributed by atoms with E-state index in [-0.39, 0.29) is 12.5 Å². The number of hydrogen-bond donors (Lipinski definition) is 0. The second-order valence-electron chi connectivity index (χ2n) is 6.50. The van der Waals surface area contributed by atoms with Gasteiger partial charge in [0.15, 0.2) is 0 Å². The smallest absolute Gasteiger partial charge is 0.257 e. The van der Waals surface area contributed by atoms with Gasteiger partial charge in [0, 0.05) is 18.0 Å². The molecule has 1 amide bonds. The fourth-order valence-electron chi connectivity index (χ4n) is 2.95. The Kier molecular flexibility index (Phi) is 5.76. The van der Waals surface area contributed by atoms with Crippen molar-refractivity contribution in [3.63, 3.8) is 0 Å². The van der Waals surface area contributed by atoms with Gasteiger partial charge in [-0.15, -0.1) is 21.5 Å². The van der Waals surface area contributed by atoms with E-state index in [4.69, 9.17) is 4.42 Å². The molecule has 4 aromatic rings. The molecule has 29 heavy (non-hydrogen) atoms. The Bertz CT molecular complexity index is 1130. The lowest BCUT2D eigenvalue weighted by Crippen LogP contribution is -2.29. The van der Waals surface area contributed by atoms with Gasteiger partial charge in [0.1, 0.15) is 0 Å². The van der Waals surface area contributed by atoms with Crippen molar-refractivity contribution in [3.05, 3.63) is 71.6 Å². The molecule has 4 rings (SSSR count). The topological polar surface area (TPSA) is 72.1 Å². The van der Waals surface area contributed by atoms with Crippen molar-refractivity contribution in [2.75, 3.05) is 6.54 Å². The number of rotatable bonds is 7. The largest absolute Gasteiger partial charge is 0.418 e. The van der Waals surface area contributed by atoms with E-state index in [0.29, 0.717) is 18.3 Å². The Morgan fingerprint density at radius 2 is 2.03 bits per heavy atom. The van der Waals surface area contributed by atoms with Gasteiger partial charge in [-0.3, -0.25) is 4.79 Å². The lowest BCUT2D eigenvalue weighted by Gasteiger charge is -2.18. The summed E-state index contributed by atoms with van der Waals surface area (Å²) < 4.78 is 5.72. The van der Waals surface area contributed by atoms with Crippen molar-refractivity contribution in [2.24, 2.45) is 0 Å². The summed E-state index contributed by atoms with van der Waals surface area (Å²) in [6, 6.07) is 15.7. The van der Waals surface area contributed by atoms with Crippen LogP contribution in [0, 0.1) is 0 Å². The number of carbonyl (C=O) groups is 1. The van der Waals surface area contributed by atoms with Gasteiger partial charge in [-0.05, 0) is 36.1 Å². The van der Waals surface area contributed by atoms with Crippen molar-refractivity contribution < 1.29 is 9.21 Å². The number of nitrogens with zero attached hydrogens (tertiary/aromatic N) is 4. The average Bonchev–Trinajstić information content (AvgIpc) is 3.43. The second-order valence-corrected chi connectivity index (χ2v) is 7.45. The first-order valence-corrected chi connectivity index (χ1v) is 10.3. The zero-order chi connectivity index (χ0) is 20.1. The summed E-state index contributed by atoms with van der Waals surface area (Å²) in [7, 11) is 0. The van der Waals surface area contributed by atoms with E-state index in [1.165, 1.54) is 11.3 Å². The quantitative estimate of drug-likeness (QED) is 0.414. The summed E-state index contributed by atoms with van der Waals surface area (Å²) in [4.78, 5) is 19.9. The maximum Gasteiger partial charge on any atom is 0.257 e. The third-order valence-electron chi connectivity index (χ3n) is 4.35. The summed E-state index contributed by atoms with van der Waals surface area (Å²) in [6.45, 7) is 2.91. The van der Waals surface area contributed by atoms with Gasteiger partial charge in [-0.2, -0.15) is 0 Å². The number of hydrogen-bond acceptors (Lipinski definition) is 6. The average molecular weight is 404 g/mol. The number of fused-ring (bicyclic) bond motifs is 1. The van der Waals surface area contributed by atoms with Crippen molar-refractivity contribution in [1.29, 1.82) is 0 Å². The molecule has 0 fully saturated rings. The van der Waals surface area contributed by atoms with Crippen LogP contribution in [0.5, 0.6) is 0 Å². The molecule has 146 valence electrons. The van der Waals surface area contributed by atoms with E-state index in [1.807, 2.05) is 60.8 Å². The van der Waals surface area contributed by atoms with Crippen molar-refractivity contribution in [1.82, 2.24) is 20.1 Å². The first-order valence-electron chi connectivity index (χ1n) is 9.42.